The highest BCUT2D eigenvalue weighted by Crippen LogP contribution is 2.46. The van der Waals surface area contributed by atoms with Crippen LogP contribution in [0, 0.1) is 11.8 Å². The molecule has 5 nitrogen and oxygen atoms in total. The highest BCUT2D eigenvalue weighted by atomic mass is 16.5. The fourth-order valence-electron chi connectivity index (χ4n) is 3.94. The van der Waals surface area contributed by atoms with Gasteiger partial charge < -0.3 is 14.7 Å². The maximum absolute atomic E-state index is 12.2. The standard InChI is InChI=1S/C15H21NO4/c1-20-14(19)8-10-11-7-13(18)16-5-3-2-4-9(15(11)16)6-12(10)17/h9-10,12,17H,2-8H2,1H3/t9?,10-,12-/m1/s1. The van der Waals surface area contributed by atoms with Crippen molar-refractivity contribution in [3.8, 4) is 0 Å². The number of nitrogens with zero attached hydrogens (tertiary/aromatic N) is 1. The second kappa shape index (κ2) is 5.20. The van der Waals surface area contributed by atoms with Crippen LogP contribution in [0.15, 0.2) is 11.3 Å². The maximum Gasteiger partial charge on any atom is 0.306 e. The molecule has 0 spiro atoms. The van der Waals surface area contributed by atoms with E-state index in [0.29, 0.717) is 12.8 Å². The van der Waals surface area contributed by atoms with Gasteiger partial charge in [0.05, 0.1) is 26.1 Å². The van der Waals surface area contributed by atoms with Crippen LogP contribution in [0.3, 0.4) is 0 Å². The number of hydrogen-bond acceptors (Lipinski definition) is 4. The number of carbonyl (C=O) groups excluding carboxylic acids is 2. The Balaban J connectivity index is 1.95. The highest BCUT2D eigenvalue weighted by Gasteiger charge is 2.45. The largest absolute Gasteiger partial charge is 0.469 e. The summed E-state index contributed by atoms with van der Waals surface area (Å²) in [6.45, 7) is 0.787. The number of amides is 1. The summed E-state index contributed by atoms with van der Waals surface area (Å²) in [4.78, 5) is 25.7. The predicted octanol–water partition coefficient (Wildman–Crippen LogP) is 1.22. The predicted molar refractivity (Wildman–Crippen MR) is 71.4 cm³/mol. The first kappa shape index (κ1) is 13.6. The molecule has 1 fully saturated rings. The Labute approximate surface area is 118 Å². The van der Waals surface area contributed by atoms with Crippen LogP contribution in [0.5, 0.6) is 0 Å². The zero-order valence-electron chi connectivity index (χ0n) is 11.8. The van der Waals surface area contributed by atoms with Gasteiger partial charge in [-0.15, -0.1) is 0 Å². The van der Waals surface area contributed by atoms with Gasteiger partial charge in [-0.25, -0.2) is 0 Å². The van der Waals surface area contributed by atoms with Gasteiger partial charge in [-0.2, -0.15) is 0 Å². The third kappa shape index (κ3) is 2.14. The first-order valence-electron chi connectivity index (χ1n) is 7.40. The molecule has 0 aromatic carbocycles. The van der Waals surface area contributed by atoms with E-state index in [1.165, 1.54) is 7.11 Å². The zero-order chi connectivity index (χ0) is 14.3. The Morgan fingerprint density at radius 2 is 2.25 bits per heavy atom. The van der Waals surface area contributed by atoms with E-state index in [2.05, 4.69) is 0 Å². The smallest absolute Gasteiger partial charge is 0.306 e. The second-order valence-corrected chi connectivity index (χ2v) is 6.02. The molecule has 3 aliphatic rings. The summed E-state index contributed by atoms with van der Waals surface area (Å²) in [7, 11) is 1.36. The van der Waals surface area contributed by atoms with Crippen molar-refractivity contribution in [1.82, 2.24) is 4.90 Å². The molecule has 0 aromatic heterocycles. The SMILES string of the molecule is COC(=O)C[C@@H]1C2=C3C(CCCCN3C(=O)C2)C[C@H]1O. The fraction of sp³-hybridized carbons (Fsp3) is 0.733. The lowest BCUT2D eigenvalue weighted by molar-refractivity contribution is -0.142. The lowest BCUT2D eigenvalue weighted by atomic mass is 9.75. The molecule has 0 radical (unpaired) electrons. The first-order valence-corrected chi connectivity index (χ1v) is 7.40. The second-order valence-electron chi connectivity index (χ2n) is 6.02. The first-order chi connectivity index (χ1) is 9.61. The van der Waals surface area contributed by atoms with Gasteiger partial charge in [0.2, 0.25) is 5.91 Å². The molecule has 2 aliphatic heterocycles. The van der Waals surface area contributed by atoms with Crippen molar-refractivity contribution < 1.29 is 19.4 Å². The number of ether oxygens (including phenoxy) is 1. The van der Waals surface area contributed by atoms with Gasteiger partial charge in [-0.1, -0.05) is 6.42 Å². The molecule has 0 saturated carbocycles. The third-order valence-electron chi connectivity index (χ3n) is 4.89. The summed E-state index contributed by atoms with van der Waals surface area (Å²) in [5, 5.41) is 10.4. The van der Waals surface area contributed by atoms with Crippen molar-refractivity contribution in [2.75, 3.05) is 13.7 Å². The van der Waals surface area contributed by atoms with Crippen LogP contribution in [0.1, 0.15) is 38.5 Å². The maximum atomic E-state index is 12.2. The Bertz CT molecular complexity index is 470. The van der Waals surface area contributed by atoms with Crippen molar-refractivity contribution in [3.63, 3.8) is 0 Å². The van der Waals surface area contributed by atoms with Crippen LogP contribution < -0.4 is 0 Å². The number of aliphatic hydroxyl groups excluding tert-OH is 1. The van der Waals surface area contributed by atoms with E-state index in [9.17, 15) is 14.7 Å². The molecule has 0 bridgehead atoms. The molecule has 110 valence electrons. The Morgan fingerprint density at radius 3 is 3.00 bits per heavy atom. The zero-order valence-corrected chi connectivity index (χ0v) is 11.8. The van der Waals surface area contributed by atoms with Crippen molar-refractivity contribution >= 4 is 11.9 Å². The molecule has 20 heavy (non-hydrogen) atoms. The molecule has 0 aromatic rings. The molecule has 1 N–H and O–H groups in total. The normalized spacial score (nSPS) is 33.0. The minimum Gasteiger partial charge on any atom is -0.469 e. The van der Waals surface area contributed by atoms with E-state index in [0.717, 1.165) is 37.1 Å². The Hall–Kier alpha value is -1.36. The van der Waals surface area contributed by atoms with Crippen LogP contribution in [0.4, 0.5) is 0 Å². The summed E-state index contributed by atoms with van der Waals surface area (Å²) >= 11 is 0. The van der Waals surface area contributed by atoms with Crippen molar-refractivity contribution in [3.05, 3.63) is 11.3 Å². The minimum atomic E-state index is -0.538. The van der Waals surface area contributed by atoms with Gasteiger partial charge >= 0.3 is 5.97 Å². The fourth-order valence-corrected chi connectivity index (χ4v) is 3.94. The Kier molecular flexibility index (Phi) is 3.54. The molecule has 1 aliphatic carbocycles. The summed E-state index contributed by atoms with van der Waals surface area (Å²) in [6.07, 6.45) is 3.81. The lowest BCUT2D eigenvalue weighted by Gasteiger charge is -2.35. The van der Waals surface area contributed by atoms with Crippen LogP contribution in [0.25, 0.3) is 0 Å². The van der Waals surface area contributed by atoms with E-state index >= 15 is 0 Å². The third-order valence-corrected chi connectivity index (χ3v) is 4.89. The molecular formula is C15H21NO4. The van der Waals surface area contributed by atoms with Gasteiger partial charge in [0.25, 0.3) is 0 Å². The van der Waals surface area contributed by atoms with Crippen LogP contribution >= 0.6 is 0 Å². The van der Waals surface area contributed by atoms with E-state index in [4.69, 9.17) is 4.74 Å². The molecular weight excluding hydrogens is 258 g/mol. The number of hydrogen-bond donors (Lipinski definition) is 1. The minimum absolute atomic E-state index is 0.130. The monoisotopic (exact) mass is 279 g/mol. The lowest BCUT2D eigenvalue weighted by Crippen LogP contribution is -2.35. The molecule has 1 amide bonds. The summed E-state index contributed by atoms with van der Waals surface area (Å²) in [5.74, 6) is -0.158. The number of allylic oxidation sites excluding steroid dienone is 1. The number of methoxy groups -OCH3 is 1. The van der Waals surface area contributed by atoms with Gasteiger partial charge in [-0.05, 0) is 24.8 Å². The van der Waals surface area contributed by atoms with Gasteiger partial charge in [0, 0.05) is 24.1 Å². The highest BCUT2D eigenvalue weighted by molar-refractivity contribution is 5.85. The Morgan fingerprint density at radius 1 is 1.45 bits per heavy atom. The number of aliphatic hydroxyl groups is 1. The van der Waals surface area contributed by atoms with Crippen LogP contribution in [0.2, 0.25) is 0 Å². The van der Waals surface area contributed by atoms with Gasteiger partial charge in [0.15, 0.2) is 0 Å². The van der Waals surface area contributed by atoms with Crippen molar-refractivity contribution in [2.45, 2.75) is 44.6 Å². The molecule has 5 heteroatoms. The van der Waals surface area contributed by atoms with Crippen LogP contribution in [-0.4, -0.2) is 41.6 Å². The van der Waals surface area contributed by atoms with E-state index in [1.807, 2.05) is 4.90 Å². The summed E-state index contributed by atoms with van der Waals surface area (Å²) < 4.78 is 4.72. The molecule has 1 saturated heterocycles. The van der Waals surface area contributed by atoms with E-state index < -0.39 is 6.10 Å². The summed E-state index contributed by atoms with van der Waals surface area (Å²) in [6, 6.07) is 0. The molecule has 3 rings (SSSR count). The van der Waals surface area contributed by atoms with E-state index in [-0.39, 0.29) is 30.1 Å². The molecule has 3 atom stereocenters. The van der Waals surface area contributed by atoms with Gasteiger partial charge in [-0.3, -0.25) is 9.59 Å². The van der Waals surface area contributed by atoms with Gasteiger partial charge in [0.1, 0.15) is 0 Å². The molecule has 2 heterocycles. The average Bonchev–Trinajstić information content (AvgIpc) is 2.61. The van der Waals surface area contributed by atoms with Crippen LogP contribution in [-0.2, 0) is 14.3 Å². The number of carbonyl (C=O) groups is 2. The number of rotatable bonds is 2. The average molecular weight is 279 g/mol. The number of esters is 1. The summed E-state index contributed by atoms with van der Waals surface area (Å²) in [5.41, 5.74) is 2.11. The topological polar surface area (TPSA) is 66.8 Å². The van der Waals surface area contributed by atoms with E-state index in [1.54, 1.807) is 0 Å². The quantitative estimate of drug-likeness (QED) is 0.772. The van der Waals surface area contributed by atoms with Crippen molar-refractivity contribution in [1.29, 1.82) is 0 Å². The molecule has 1 unspecified atom stereocenters. The van der Waals surface area contributed by atoms with Crippen molar-refractivity contribution in [2.24, 2.45) is 11.8 Å².